The van der Waals surface area contributed by atoms with Crippen molar-refractivity contribution < 1.29 is 18.4 Å². The number of carbonyl (C=O) groups is 2. The van der Waals surface area contributed by atoms with Gasteiger partial charge < -0.3 is 15.0 Å². The Labute approximate surface area is 190 Å². The second kappa shape index (κ2) is 7.77. The van der Waals surface area contributed by atoms with E-state index in [0.29, 0.717) is 27.8 Å². The smallest absolute Gasteiger partial charge is 0.231 e. The third-order valence-corrected chi connectivity index (χ3v) is 5.93. The molecule has 3 aromatic heterocycles. The lowest BCUT2D eigenvalue weighted by Crippen LogP contribution is -2.24. The number of benzene rings is 1. The molecule has 2 amide bonds. The summed E-state index contributed by atoms with van der Waals surface area (Å²) in [4.78, 5) is 32.1. The van der Waals surface area contributed by atoms with Gasteiger partial charge in [0.25, 0.3) is 0 Å². The molecule has 4 aromatic rings. The fourth-order valence-corrected chi connectivity index (χ4v) is 4.21. The molecule has 9 nitrogen and oxygen atoms in total. The Morgan fingerprint density at radius 2 is 2.09 bits per heavy atom. The standard InChI is InChI=1S/C21H18ClF2N7O2/c1-8(27-9(2)32)16-19(24)18(22)17(11-4-26-30-20(11)16)13-6-31-7-14(28-15(31)5-25-13)29-21(33)10-3-12(10)23/h4-8,10,12H,3H2,1-2H3,(H,26,30)(H,27,32)(H,29,33)/t8?,10-,12+/m1/s1. The topological polar surface area (TPSA) is 117 Å². The Bertz CT molecular complexity index is 1430. The molecular formula is C21H18ClF2N7O2. The highest BCUT2D eigenvalue weighted by Crippen LogP contribution is 2.40. The second-order valence-electron chi connectivity index (χ2n) is 8.01. The van der Waals surface area contributed by atoms with Gasteiger partial charge in [-0.3, -0.25) is 19.7 Å². The van der Waals surface area contributed by atoms with Gasteiger partial charge in [0.05, 0.1) is 46.8 Å². The molecule has 170 valence electrons. The number of H-pyrrole nitrogens is 1. The van der Waals surface area contributed by atoms with E-state index >= 15 is 4.39 Å². The van der Waals surface area contributed by atoms with E-state index in [2.05, 4.69) is 30.8 Å². The van der Waals surface area contributed by atoms with Gasteiger partial charge in [0.2, 0.25) is 11.8 Å². The van der Waals surface area contributed by atoms with Gasteiger partial charge in [0.15, 0.2) is 11.5 Å². The first-order valence-electron chi connectivity index (χ1n) is 10.2. The lowest BCUT2D eigenvalue weighted by molar-refractivity contribution is -0.119. The fraction of sp³-hybridized carbons (Fsp3) is 0.286. The first-order chi connectivity index (χ1) is 15.7. The third-order valence-electron chi connectivity index (χ3n) is 5.58. The average molecular weight is 474 g/mol. The number of anilines is 1. The molecule has 3 N–H and O–H groups in total. The van der Waals surface area contributed by atoms with Crippen LogP contribution in [0.4, 0.5) is 14.6 Å². The van der Waals surface area contributed by atoms with E-state index in [0.717, 1.165) is 0 Å². The van der Waals surface area contributed by atoms with Crippen molar-refractivity contribution >= 4 is 45.8 Å². The lowest BCUT2D eigenvalue weighted by Gasteiger charge is -2.17. The molecule has 33 heavy (non-hydrogen) atoms. The van der Waals surface area contributed by atoms with Crippen LogP contribution in [0.2, 0.25) is 5.02 Å². The molecule has 1 aliphatic rings. The van der Waals surface area contributed by atoms with Crippen LogP contribution in [0.5, 0.6) is 0 Å². The van der Waals surface area contributed by atoms with Gasteiger partial charge in [-0.2, -0.15) is 5.10 Å². The Kier molecular flexibility index (Phi) is 5.00. The van der Waals surface area contributed by atoms with Gasteiger partial charge in [-0.05, 0) is 13.3 Å². The summed E-state index contributed by atoms with van der Waals surface area (Å²) in [5.74, 6) is -1.82. The summed E-state index contributed by atoms with van der Waals surface area (Å²) < 4.78 is 30.1. The number of halogens is 3. The minimum atomic E-state index is -1.11. The van der Waals surface area contributed by atoms with E-state index in [1.165, 1.54) is 19.3 Å². The SMILES string of the molecule is CC(=O)NC(C)c1c(F)c(Cl)c(-c2cn3cc(NC(=O)[C@@H]4C[C@@H]4F)nc3cn2)c2cn[nH]c12. The number of nitrogens with one attached hydrogen (secondary N) is 3. The first kappa shape index (κ1) is 21.3. The molecule has 5 rings (SSSR count). The second-order valence-corrected chi connectivity index (χ2v) is 8.39. The number of rotatable bonds is 5. The Morgan fingerprint density at radius 3 is 2.79 bits per heavy atom. The molecule has 0 radical (unpaired) electrons. The maximum absolute atomic E-state index is 15.4. The Hall–Kier alpha value is -3.60. The van der Waals surface area contributed by atoms with Crippen LogP contribution in [0.25, 0.3) is 27.8 Å². The monoisotopic (exact) mass is 473 g/mol. The highest BCUT2D eigenvalue weighted by Gasteiger charge is 2.43. The van der Waals surface area contributed by atoms with Crippen molar-refractivity contribution in [3.05, 3.63) is 41.2 Å². The molecule has 0 bridgehead atoms. The van der Waals surface area contributed by atoms with E-state index in [-0.39, 0.29) is 28.7 Å². The highest BCUT2D eigenvalue weighted by atomic mass is 35.5. The van der Waals surface area contributed by atoms with Gasteiger partial charge in [0.1, 0.15) is 12.0 Å². The average Bonchev–Trinajstić information content (AvgIpc) is 3.12. The van der Waals surface area contributed by atoms with Crippen LogP contribution in [0.1, 0.15) is 31.9 Å². The van der Waals surface area contributed by atoms with E-state index in [1.54, 1.807) is 23.7 Å². The molecule has 3 heterocycles. The number of hydrogen-bond acceptors (Lipinski definition) is 5. The maximum atomic E-state index is 15.4. The van der Waals surface area contributed by atoms with Crippen LogP contribution in [0.15, 0.2) is 24.8 Å². The van der Waals surface area contributed by atoms with E-state index in [4.69, 9.17) is 11.6 Å². The van der Waals surface area contributed by atoms with Crippen LogP contribution < -0.4 is 10.6 Å². The summed E-state index contributed by atoms with van der Waals surface area (Å²) in [6, 6.07) is -0.650. The number of fused-ring (bicyclic) bond motifs is 2. The molecule has 12 heteroatoms. The number of aromatic nitrogens is 5. The van der Waals surface area contributed by atoms with Crippen molar-refractivity contribution in [2.45, 2.75) is 32.5 Å². The van der Waals surface area contributed by atoms with Gasteiger partial charge >= 0.3 is 0 Å². The third kappa shape index (κ3) is 3.67. The molecule has 1 saturated carbocycles. The van der Waals surface area contributed by atoms with E-state index in [1.807, 2.05) is 0 Å². The summed E-state index contributed by atoms with van der Waals surface area (Å²) >= 11 is 6.44. The Balaban J connectivity index is 1.57. The summed E-state index contributed by atoms with van der Waals surface area (Å²) in [5.41, 5.74) is 1.66. The van der Waals surface area contributed by atoms with Gasteiger partial charge in [-0.15, -0.1) is 0 Å². The van der Waals surface area contributed by atoms with E-state index < -0.39 is 29.9 Å². The predicted octanol–water partition coefficient (Wildman–Crippen LogP) is 3.56. The summed E-state index contributed by atoms with van der Waals surface area (Å²) in [5, 5.41) is 12.4. The molecule has 1 aliphatic carbocycles. The van der Waals surface area contributed by atoms with E-state index in [9.17, 15) is 14.0 Å². The van der Waals surface area contributed by atoms with Crippen LogP contribution in [0.3, 0.4) is 0 Å². The fourth-order valence-electron chi connectivity index (χ4n) is 3.91. The minimum absolute atomic E-state index is 0.167. The van der Waals surface area contributed by atoms with Gasteiger partial charge in [0, 0.05) is 29.6 Å². The molecular weight excluding hydrogens is 456 g/mol. The highest BCUT2D eigenvalue weighted by molar-refractivity contribution is 6.35. The lowest BCUT2D eigenvalue weighted by atomic mass is 9.98. The summed E-state index contributed by atoms with van der Waals surface area (Å²) in [6.07, 6.45) is 5.21. The quantitative estimate of drug-likeness (QED) is 0.409. The number of imidazole rings is 1. The number of nitrogens with zero attached hydrogens (tertiary/aromatic N) is 4. The number of amides is 2. The normalized spacial score (nSPS) is 18.5. The molecule has 1 aromatic carbocycles. The number of alkyl halides is 1. The first-order valence-corrected chi connectivity index (χ1v) is 10.5. The van der Waals surface area contributed by atoms with Crippen LogP contribution in [-0.2, 0) is 9.59 Å². The largest absolute Gasteiger partial charge is 0.350 e. The number of hydrogen-bond donors (Lipinski definition) is 3. The zero-order chi connectivity index (χ0) is 23.4. The van der Waals surface area contributed by atoms with Gasteiger partial charge in [-0.25, -0.2) is 13.8 Å². The van der Waals surface area contributed by atoms with Crippen molar-refractivity contribution in [3.8, 4) is 11.3 Å². The van der Waals surface area contributed by atoms with Crippen molar-refractivity contribution in [1.29, 1.82) is 0 Å². The van der Waals surface area contributed by atoms with Crippen molar-refractivity contribution in [2.75, 3.05) is 5.32 Å². The molecule has 1 unspecified atom stereocenters. The molecule has 0 aliphatic heterocycles. The number of aromatic amines is 1. The van der Waals surface area contributed by atoms with Crippen LogP contribution in [0, 0.1) is 11.7 Å². The molecule has 3 atom stereocenters. The van der Waals surface area contributed by atoms with Gasteiger partial charge in [-0.1, -0.05) is 11.6 Å². The minimum Gasteiger partial charge on any atom is -0.350 e. The molecule has 0 saturated heterocycles. The van der Waals surface area contributed by atoms with Crippen molar-refractivity contribution in [3.63, 3.8) is 0 Å². The zero-order valence-corrected chi connectivity index (χ0v) is 18.2. The van der Waals surface area contributed by atoms with Crippen LogP contribution in [-0.4, -0.2) is 42.6 Å². The predicted molar refractivity (Wildman–Crippen MR) is 117 cm³/mol. The summed E-state index contributed by atoms with van der Waals surface area (Å²) in [7, 11) is 0. The maximum Gasteiger partial charge on any atom is 0.231 e. The zero-order valence-electron chi connectivity index (χ0n) is 17.5. The molecule has 1 fully saturated rings. The van der Waals surface area contributed by atoms with Crippen LogP contribution >= 0.6 is 11.6 Å². The number of carbonyl (C=O) groups excluding carboxylic acids is 2. The van der Waals surface area contributed by atoms with Crippen molar-refractivity contribution in [2.24, 2.45) is 5.92 Å². The summed E-state index contributed by atoms with van der Waals surface area (Å²) in [6.45, 7) is 2.99. The van der Waals surface area contributed by atoms with Crippen molar-refractivity contribution in [1.82, 2.24) is 29.9 Å². The molecule has 0 spiro atoms. The Morgan fingerprint density at radius 1 is 1.33 bits per heavy atom.